The van der Waals surface area contributed by atoms with Crippen LogP contribution in [0, 0.1) is 0 Å². The van der Waals surface area contributed by atoms with Crippen molar-refractivity contribution < 1.29 is 23.0 Å². The second-order valence-corrected chi connectivity index (χ2v) is 4.84. The Morgan fingerprint density at radius 1 is 1.47 bits per heavy atom. The second-order valence-electron chi connectivity index (χ2n) is 2.97. The molecule has 0 saturated heterocycles. The van der Waals surface area contributed by atoms with Crippen molar-refractivity contribution in [3.05, 3.63) is 0 Å². The molecule has 0 spiro atoms. The molecule has 6 nitrogen and oxygen atoms in total. The van der Waals surface area contributed by atoms with Crippen LogP contribution in [-0.2, 0) is 19.5 Å². The van der Waals surface area contributed by atoms with Gasteiger partial charge in [0.05, 0.1) is 31.6 Å². The SMILES string of the molecule is CCOCCS(=O)(=O)NC(CO)COC. The van der Waals surface area contributed by atoms with Crippen LogP contribution in [0.3, 0.4) is 0 Å². The van der Waals surface area contributed by atoms with Crippen molar-refractivity contribution in [1.29, 1.82) is 0 Å². The summed E-state index contributed by atoms with van der Waals surface area (Å²) in [5, 5.41) is 8.85. The van der Waals surface area contributed by atoms with Crippen LogP contribution in [0.5, 0.6) is 0 Å². The Labute approximate surface area is 90.6 Å². The van der Waals surface area contributed by atoms with Crippen molar-refractivity contribution in [3.63, 3.8) is 0 Å². The third-order valence-electron chi connectivity index (χ3n) is 1.63. The van der Waals surface area contributed by atoms with E-state index >= 15 is 0 Å². The monoisotopic (exact) mass is 241 g/mol. The molecule has 0 aliphatic heterocycles. The van der Waals surface area contributed by atoms with E-state index in [1.165, 1.54) is 7.11 Å². The van der Waals surface area contributed by atoms with Crippen molar-refractivity contribution in [2.24, 2.45) is 0 Å². The van der Waals surface area contributed by atoms with E-state index in [-0.39, 0.29) is 25.6 Å². The summed E-state index contributed by atoms with van der Waals surface area (Å²) in [6, 6.07) is -0.596. The number of rotatable bonds is 9. The number of aliphatic hydroxyl groups excluding tert-OH is 1. The molecule has 1 atom stereocenters. The first kappa shape index (κ1) is 14.8. The van der Waals surface area contributed by atoms with Gasteiger partial charge in [-0.25, -0.2) is 13.1 Å². The highest BCUT2D eigenvalue weighted by molar-refractivity contribution is 7.89. The zero-order valence-electron chi connectivity index (χ0n) is 9.10. The Kier molecular flexibility index (Phi) is 7.89. The van der Waals surface area contributed by atoms with Crippen LogP contribution in [0.4, 0.5) is 0 Å². The minimum Gasteiger partial charge on any atom is -0.395 e. The number of methoxy groups -OCH3 is 1. The van der Waals surface area contributed by atoms with Crippen LogP contribution in [0.1, 0.15) is 6.92 Å². The zero-order valence-corrected chi connectivity index (χ0v) is 9.92. The number of hydrogen-bond donors (Lipinski definition) is 2. The summed E-state index contributed by atoms with van der Waals surface area (Å²) < 4.78 is 34.8. The quantitative estimate of drug-likeness (QED) is 0.503. The first-order chi connectivity index (χ1) is 7.05. The third kappa shape index (κ3) is 7.69. The molecule has 1 unspecified atom stereocenters. The molecule has 7 heteroatoms. The van der Waals surface area contributed by atoms with Gasteiger partial charge in [0, 0.05) is 13.7 Å². The highest BCUT2D eigenvalue weighted by atomic mass is 32.2. The molecule has 0 saturated carbocycles. The lowest BCUT2D eigenvalue weighted by Gasteiger charge is -2.15. The summed E-state index contributed by atoms with van der Waals surface area (Å²) in [4.78, 5) is 0. The highest BCUT2D eigenvalue weighted by Crippen LogP contribution is 1.91. The fourth-order valence-electron chi connectivity index (χ4n) is 0.951. The molecule has 0 aromatic heterocycles. The molecule has 0 radical (unpaired) electrons. The van der Waals surface area contributed by atoms with Gasteiger partial charge in [-0.2, -0.15) is 0 Å². The maximum atomic E-state index is 11.4. The minimum absolute atomic E-state index is 0.110. The van der Waals surface area contributed by atoms with Gasteiger partial charge in [-0.3, -0.25) is 0 Å². The van der Waals surface area contributed by atoms with Gasteiger partial charge in [0.25, 0.3) is 0 Å². The lowest BCUT2D eigenvalue weighted by molar-refractivity contribution is 0.138. The van der Waals surface area contributed by atoms with Crippen molar-refractivity contribution in [1.82, 2.24) is 4.72 Å². The van der Waals surface area contributed by atoms with E-state index < -0.39 is 16.1 Å². The molecule has 0 rings (SSSR count). The molecule has 0 fully saturated rings. The average Bonchev–Trinajstić information content (AvgIpc) is 2.17. The fourth-order valence-corrected chi connectivity index (χ4v) is 2.06. The van der Waals surface area contributed by atoms with Crippen LogP contribution >= 0.6 is 0 Å². The molecule has 0 bridgehead atoms. The molecule has 2 N–H and O–H groups in total. The predicted molar refractivity (Wildman–Crippen MR) is 56.2 cm³/mol. The van der Waals surface area contributed by atoms with E-state index in [0.717, 1.165) is 0 Å². The largest absolute Gasteiger partial charge is 0.395 e. The first-order valence-corrected chi connectivity index (χ1v) is 6.38. The molecule has 15 heavy (non-hydrogen) atoms. The smallest absolute Gasteiger partial charge is 0.214 e. The van der Waals surface area contributed by atoms with Gasteiger partial charge in [0.15, 0.2) is 0 Å². The van der Waals surface area contributed by atoms with Gasteiger partial charge >= 0.3 is 0 Å². The summed E-state index contributed by atoms with van der Waals surface area (Å²) in [7, 11) is -1.96. The molecule has 0 aromatic rings. The summed E-state index contributed by atoms with van der Waals surface area (Å²) in [5.74, 6) is -0.110. The van der Waals surface area contributed by atoms with Crippen LogP contribution in [0.2, 0.25) is 0 Å². The minimum atomic E-state index is -3.40. The van der Waals surface area contributed by atoms with Gasteiger partial charge in [0.1, 0.15) is 0 Å². The standard InChI is InChI=1S/C8H19NO5S/c1-3-14-4-5-15(11,12)9-8(6-10)7-13-2/h8-10H,3-7H2,1-2H3. The zero-order chi connectivity index (χ0) is 11.7. The number of aliphatic hydroxyl groups is 1. The van der Waals surface area contributed by atoms with E-state index in [9.17, 15) is 8.42 Å². The molecule has 0 aliphatic carbocycles. The first-order valence-electron chi connectivity index (χ1n) is 4.73. The summed E-state index contributed by atoms with van der Waals surface area (Å²) in [5.41, 5.74) is 0. The Balaban J connectivity index is 3.99. The van der Waals surface area contributed by atoms with Crippen molar-refractivity contribution in [3.8, 4) is 0 Å². The summed E-state index contributed by atoms with van der Waals surface area (Å²) >= 11 is 0. The van der Waals surface area contributed by atoms with Crippen LogP contribution in [0.15, 0.2) is 0 Å². The Morgan fingerprint density at radius 3 is 2.60 bits per heavy atom. The number of sulfonamides is 1. The maximum Gasteiger partial charge on any atom is 0.214 e. The molecule has 0 heterocycles. The summed E-state index contributed by atoms with van der Waals surface area (Å²) in [6.45, 7) is 2.28. The predicted octanol–water partition coefficient (Wildman–Crippen LogP) is -1.05. The van der Waals surface area contributed by atoms with E-state index in [2.05, 4.69) is 4.72 Å². The second kappa shape index (κ2) is 8.00. The normalized spacial score (nSPS) is 14.1. The van der Waals surface area contributed by atoms with Gasteiger partial charge in [-0.15, -0.1) is 0 Å². The Bertz CT molecular complexity index is 241. The number of hydrogen-bond acceptors (Lipinski definition) is 5. The number of nitrogens with one attached hydrogen (secondary N) is 1. The van der Waals surface area contributed by atoms with E-state index in [1.54, 1.807) is 6.92 Å². The lowest BCUT2D eigenvalue weighted by Crippen LogP contribution is -2.42. The molecular weight excluding hydrogens is 222 g/mol. The van der Waals surface area contributed by atoms with Crippen molar-refractivity contribution >= 4 is 10.0 Å². The topological polar surface area (TPSA) is 84.9 Å². The average molecular weight is 241 g/mol. The van der Waals surface area contributed by atoms with E-state index in [4.69, 9.17) is 14.6 Å². The summed E-state index contributed by atoms with van der Waals surface area (Å²) in [6.07, 6.45) is 0. The van der Waals surface area contributed by atoms with Crippen LogP contribution in [0.25, 0.3) is 0 Å². The van der Waals surface area contributed by atoms with E-state index in [0.29, 0.717) is 6.61 Å². The molecule has 0 amide bonds. The molecule has 0 aliphatic rings. The Morgan fingerprint density at radius 2 is 2.13 bits per heavy atom. The van der Waals surface area contributed by atoms with Crippen molar-refractivity contribution in [2.75, 3.05) is 39.3 Å². The Hall–Kier alpha value is -0.210. The van der Waals surface area contributed by atoms with Crippen LogP contribution in [-0.4, -0.2) is 58.9 Å². The van der Waals surface area contributed by atoms with Gasteiger partial charge in [0.2, 0.25) is 10.0 Å². The van der Waals surface area contributed by atoms with Crippen LogP contribution < -0.4 is 4.72 Å². The third-order valence-corrected chi connectivity index (χ3v) is 3.03. The molecular formula is C8H19NO5S. The van der Waals surface area contributed by atoms with E-state index in [1.807, 2.05) is 0 Å². The molecule has 0 aromatic carbocycles. The lowest BCUT2D eigenvalue weighted by atomic mass is 10.4. The maximum absolute atomic E-state index is 11.4. The molecule has 92 valence electrons. The van der Waals surface area contributed by atoms with Gasteiger partial charge in [-0.05, 0) is 6.92 Å². The fraction of sp³-hybridized carbons (Fsp3) is 1.00. The van der Waals surface area contributed by atoms with Gasteiger partial charge in [-0.1, -0.05) is 0 Å². The van der Waals surface area contributed by atoms with Gasteiger partial charge < -0.3 is 14.6 Å². The highest BCUT2D eigenvalue weighted by Gasteiger charge is 2.16. The number of ether oxygens (including phenoxy) is 2. The van der Waals surface area contributed by atoms with Crippen molar-refractivity contribution in [2.45, 2.75) is 13.0 Å².